The minimum absolute atomic E-state index is 0.0108. The maximum atomic E-state index is 14.1. The lowest BCUT2D eigenvalue weighted by molar-refractivity contribution is 0.513. The van der Waals surface area contributed by atoms with Gasteiger partial charge in [-0.3, -0.25) is 0 Å². The molecule has 1 atom stereocenters. The van der Waals surface area contributed by atoms with E-state index >= 15 is 0 Å². The second kappa shape index (κ2) is 7.79. The van der Waals surface area contributed by atoms with Gasteiger partial charge >= 0.3 is 0 Å². The zero-order valence-electron chi connectivity index (χ0n) is 11.9. The van der Waals surface area contributed by atoms with Gasteiger partial charge in [0.05, 0.1) is 5.02 Å². The second-order valence-electron chi connectivity index (χ2n) is 4.98. The molecule has 0 bridgehead atoms. The van der Waals surface area contributed by atoms with Gasteiger partial charge in [0.15, 0.2) is 0 Å². The number of hydrogen-bond acceptors (Lipinski definition) is 1. The lowest BCUT2D eigenvalue weighted by Gasteiger charge is -2.20. The fraction of sp³-hybridized carbons (Fsp3) is 0.294. The Morgan fingerprint density at radius 3 is 2.62 bits per heavy atom. The average molecular weight is 326 g/mol. The van der Waals surface area contributed by atoms with Crippen LogP contribution in [0.25, 0.3) is 0 Å². The van der Waals surface area contributed by atoms with E-state index in [2.05, 4.69) is 12.2 Å². The number of nitrogens with one attached hydrogen (secondary N) is 1. The molecule has 1 nitrogen and oxygen atoms in total. The van der Waals surface area contributed by atoms with Gasteiger partial charge in [-0.15, -0.1) is 0 Å². The van der Waals surface area contributed by atoms with E-state index in [9.17, 15) is 4.39 Å². The molecule has 2 aromatic carbocycles. The molecule has 1 N–H and O–H groups in total. The van der Waals surface area contributed by atoms with Crippen molar-refractivity contribution in [3.05, 3.63) is 69.5 Å². The summed E-state index contributed by atoms with van der Waals surface area (Å²) in [5.74, 6) is -0.343. The third kappa shape index (κ3) is 4.44. The van der Waals surface area contributed by atoms with Gasteiger partial charge in [-0.05, 0) is 48.7 Å². The van der Waals surface area contributed by atoms with E-state index in [-0.39, 0.29) is 16.9 Å². The Balaban J connectivity index is 2.26. The topological polar surface area (TPSA) is 12.0 Å². The van der Waals surface area contributed by atoms with E-state index in [0.29, 0.717) is 17.0 Å². The van der Waals surface area contributed by atoms with E-state index in [1.807, 2.05) is 24.3 Å². The van der Waals surface area contributed by atoms with E-state index in [1.165, 1.54) is 0 Å². The highest BCUT2D eigenvalue weighted by atomic mass is 35.5. The van der Waals surface area contributed by atoms with Crippen LogP contribution < -0.4 is 5.32 Å². The lowest BCUT2D eigenvalue weighted by Crippen LogP contribution is -2.24. The van der Waals surface area contributed by atoms with Crippen LogP contribution in [-0.4, -0.2) is 6.54 Å². The van der Waals surface area contributed by atoms with Crippen LogP contribution in [0.15, 0.2) is 42.5 Å². The molecule has 4 heteroatoms. The molecule has 2 rings (SSSR count). The minimum Gasteiger partial charge on any atom is -0.310 e. The Kier molecular flexibility index (Phi) is 6.04. The molecular formula is C17H18Cl2FN. The summed E-state index contributed by atoms with van der Waals surface area (Å²) in [7, 11) is 0. The van der Waals surface area contributed by atoms with Gasteiger partial charge in [-0.1, -0.05) is 54.4 Å². The average Bonchev–Trinajstić information content (AvgIpc) is 2.47. The highest BCUT2D eigenvalue weighted by molar-refractivity contribution is 6.31. The van der Waals surface area contributed by atoms with Crippen molar-refractivity contribution >= 4 is 23.2 Å². The molecule has 0 fully saturated rings. The molecule has 0 amide bonds. The first-order valence-electron chi connectivity index (χ1n) is 7.03. The Morgan fingerprint density at radius 2 is 1.90 bits per heavy atom. The van der Waals surface area contributed by atoms with Gasteiger partial charge < -0.3 is 5.32 Å². The number of rotatable bonds is 6. The SMILES string of the molecule is CCCNC(Cc1cccc(Cl)c1F)c1cccc(Cl)c1. The molecule has 0 aliphatic rings. The molecule has 2 aromatic rings. The number of hydrogen-bond donors (Lipinski definition) is 1. The Bertz CT molecular complexity index is 601. The highest BCUT2D eigenvalue weighted by Gasteiger charge is 2.15. The Morgan fingerprint density at radius 1 is 1.14 bits per heavy atom. The van der Waals surface area contributed by atoms with Crippen molar-refractivity contribution in [2.24, 2.45) is 0 Å². The molecule has 0 radical (unpaired) electrons. The molecule has 0 saturated heterocycles. The van der Waals surface area contributed by atoms with Gasteiger partial charge in [0.2, 0.25) is 0 Å². The van der Waals surface area contributed by atoms with E-state index < -0.39 is 0 Å². The number of benzene rings is 2. The predicted molar refractivity (Wildman–Crippen MR) is 87.6 cm³/mol. The molecule has 0 aliphatic heterocycles. The fourth-order valence-corrected chi connectivity index (χ4v) is 2.67. The summed E-state index contributed by atoms with van der Waals surface area (Å²) >= 11 is 11.9. The summed E-state index contributed by atoms with van der Waals surface area (Å²) < 4.78 is 14.1. The van der Waals surface area contributed by atoms with Crippen LogP contribution in [0.4, 0.5) is 4.39 Å². The Hall–Kier alpha value is -1.09. The quantitative estimate of drug-likeness (QED) is 0.748. The standard InChI is InChI=1S/C17H18Cl2FN/c1-2-9-21-16(12-5-3-7-14(18)10-12)11-13-6-4-8-15(19)17(13)20/h3-8,10,16,21H,2,9,11H2,1H3. The van der Waals surface area contributed by atoms with Gasteiger partial charge in [-0.25, -0.2) is 4.39 Å². The van der Waals surface area contributed by atoms with Crippen LogP contribution >= 0.6 is 23.2 Å². The molecule has 0 heterocycles. The zero-order valence-corrected chi connectivity index (χ0v) is 13.4. The monoisotopic (exact) mass is 325 g/mol. The molecule has 0 aliphatic carbocycles. The second-order valence-corrected chi connectivity index (χ2v) is 5.82. The summed E-state index contributed by atoms with van der Waals surface area (Å²) in [6.45, 7) is 2.96. The fourth-order valence-electron chi connectivity index (χ4n) is 2.28. The third-order valence-electron chi connectivity index (χ3n) is 3.35. The first-order valence-corrected chi connectivity index (χ1v) is 7.79. The molecule has 0 aromatic heterocycles. The van der Waals surface area contributed by atoms with E-state index in [0.717, 1.165) is 18.5 Å². The van der Waals surface area contributed by atoms with Gasteiger partial charge in [-0.2, -0.15) is 0 Å². The van der Waals surface area contributed by atoms with Crippen LogP contribution in [0.5, 0.6) is 0 Å². The van der Waals surface area contributed by atoms with Crippen LogP contribution in [0.2, 0.25) is 10.0 Å². The summed E-state index contributed by atoms with van der Waals surface area (Å²) in [5.41, 5.74) is 1.66. The van der Waals surface area contributed by atoms with Crippen molar-refractivity contribution < 1.29 is 4.39 Å². The van der Waals surface area contributed by atoms with Crippen molar-refractivity contribution in [2.75, 3.05) is 6.54 Å². The lowest BCUT2D eigenvalue weighted by atomic mass is 9.98. The van der Waals surface area contributed by atoms with Crippen molar-refractivity contribution in [1.82, 2.24) is 5.32 Å². The summed E-state index contributed by atoms with van der Waals surface area (Å²) in [6.07, 6.45) is 1.54. The van der Waals surface area contributed by atoms with Crippen LogP contribution in [0.3, 0.4) is 0 Å². The maximum Gasteiger partial charge on any atom is 0.145 e. The summed E-state index contributed by atoms with van der Waals surface area (Å²) in [6, 6.07) is 12.8. The van der Waals surface area contributed by atoms with Crippen molar-refractivity contribution in [2.45, 2.75) is 25.8 Å². The maximum absolute atomic E-state index is 14.1. The molecule has 1 unspecified atom stereocenters. The van der Waals surface area contributed by atoms with Crippen LogP contribution in [-0.2, 0) is 6.42 Å². The van der Waals surface area contributed by atoms with Gasteiger partial charge in [0.25, 0.3) is 0 Å². The molecular weight excluding hydrogens is 308 g/mol. The van der Waals surface area contributed by atoms with Crippen molar-refractivity contribution in [1.29, 1.82) is 0 Å². The first kappa shape index (κ1) is 16.3. The van der Waals surface area contributed by atoms with Crippen LogP contribution in [0.1, 0.15) is 30.5 Å². The van der Waals surface area contributed by atoms with E-state index in [4.69, 9.17) is 23.2 Å². The predicted octanol–water partition coefficient (Wildman–Crippen LogP) is 5.42. The van der Waals surface area contributed by atoms with Crippen LogP contribution in [0, 0.1) is 5.82 Å². The third-order valence-corrected chi connectivity index (χ3v) is 3.87. The van der Waals surface area contributed by atoms with Crippen molar-refractivity contribution in [3.8, 4) is 0 Å². The largest absolute Gasteiger partial charge is 0.310 e. The smallest absolute Gasteiger partial charge is 0.145 e. The Labute approximate surface area is 135 Å². The summed E-state index contributed by atoms with van der Waals surface area (Å²) in [4.78, 5) is 0. The molecule has 112 valence electrons. The van der Waals surface area contributed by atoms with Gasteiger partial charge in [0, 0.05) is 11.1 Å². The normalized spacial score (nSPS) is 12.4. The first-order chi connectivity index (χ1) is 10.1. The molecule has 0 saturated carbocycles. The molecule has 21 heavy (non-hydrogen) atoms. The van der Waals surface area contributed by atoms with E-state index in [1.54, 1.807) is 18.2 Å². The highest BCUT2D eigenvalue weighted by Crippen LogP contribution is 2.25. The minimum atomic E-state index is -0.343. The summed E-state index contributed by atoms with van der Waals surface area (Å²) in [5, 5.41) is 4.28. The number of halogens is 3. The molecule has 0 spiro atoms. The zero-order chi connectivity index (χ0) is 15.2. The van der Waals surface area contributed by atoms with Gasteiger partial charge in [0.1, 0.15) is 5.82 Å². The van der Waals surface area contributed by atoms with Crippen molar-refractivity contribution in [3.63, 3.8) is 0 Å².